The third kappa shape index (κ3) is 3.76. The zero-order valence-corrected chi connectivity index (χ0v) is 16.0. The molecule has 2 saturated heterocycles. The summed E-state index contributed by atoms with van der Waals surface area (Å²) in [7, 11) is 2.96. The van der Waals surface area contributed by atoms with Crippen molar-refractivity contribution >= 4 is 0 Å². The van der Waals surface area contributed by atoms with E-state index in [1.807, 2.05) is 30.3 Å². The van der Waals surface area contributed by atoms with Gasteiger partial charge in [-0.3, -0.25) is 0 Å². The van der Waals surface area contributed by atoms with Gasteiger partial charge in [-0.2, -0.15) is 0 Å². The maximum atomic E-state index is 10.6. The smallest absolute Gasteiger partial charge is 0.220 e. The fraction of sp³-hybridized carbons (Fsp3) is 0.684. The van der Waals surface area contributed by atoms with Crippen LogP contribution in [0.3, 0.4) is 0 Å². The van der Waals surface area contributed by atoms with E-state index in [-0.39, 0.29) is 13.2 Å². The van der Waals surface area contributed by atoms with Crippen molar-refractivity contribution in [2.45, 2.75) is 62.7 Å². The lowest BCUT2D eigenvalue weighted by Crippen LogP contribution is -2.73. The number of ether oxygens (including phenoxy) is 6. The summed E-state index contributed by atoms with van der Waals surface area (Å²) >= 11 is 0. The van der Waals surface area contributed by atoms with E-state index in [0.717, 1.165) is 5.56 Å². The van der Waals surface area contributed by atoms with Crippen LogP contribution in [0.4, 0.5) is 0 Å². The minimum atomic E-state index is -1.27. The molecule has 1 aromatic carbocycles. The Hall–Kier alpha value is -1.10. The molecule has 0 aromatic heterocycles. The summed E-state index contributed by atoms with van der Waals surface area (Å²) in [5.41, 5.74) is 0.956. The van der Waals surface area contributed by atoms with Crippen molar-refractivity contribution in [1.29, 1.82) is 0 Å². The molecule has 2 aliphatic rings. The first-order valence-electron chi connectivity index (χ1n) is 8.93. The lowest BCUT2D eigenvalue weighted by molar-refractivity contribution is -0.484. The standard InChI is InChI=1S/C19H28O8/c1-18(22-3)19(2,23-4)27-16-15(26-18)14(21)13(10-20)25-17(16)24-11-12-8-6-5-7-9-12/h5-9,13-17,20-21H,10-11H2,1-4H3/t13-,14+,15+,16-,17-,18-,19-/m1/s1. The van der Waals surface area contributed by atoms with Gasteiger partial charge in [0.15, 0.2) is 6.29 Å². The van der Waals surface area contributed by atoms with Gasteiger partial charge in [-0.1, -0.05) is 30.3 Å². The lowest BCUT2D eigenvalue weighted by Gasteiger charge is -2.56. The minimum absolute atomic E-state index is 0.275. The van der Waals surface area contributed by atoms with E-state index in [9.17, 15) is 10.2 Å². The summed E-state index contributed by atoms with van der Waals surface area (Å²) in [5.74, 6) is -2.53. The maximum absolute atomic E-state index is 10.6. The Kier molecular flexibility index (Phi) is 6.19. The molecule has 2 fully saturated rings. The summed E-state index contributed by atoms with van der Waals surface area (Å²) < 4.78 is 34.9. The number of methoxy groups -OCH3 is 2. The molecule has 8 heteroatoms. The fourth-order valence-electron chi connectivity index (χ4n) is 3.39. The number of aliphatic hydroxyl groups is 2. The van der Waals surface area contributed by atoms with Gasteiger partial charge in [-0.25, -0.2) is 0 Å². The Morgan fingerprint density at radius 2 is 1.59 bits per heavy atom. The summed E-state index contributed by atoms with van der Waals surface area (Å²) in [5, 5.41) is 20.2. The minimum Gasteiger partial charge on any atom is -0.394 e. The van der Waals surface area contributed by atoms with E-state index in [1.165, 1.54) is 14.2 Å². The SMILES string of the molecule is CO[C@]1(C)O[C@H]2[C@H](OCc3ccccc3)O[C@H](CO)[C@H](O)[C@@H]2O[C@@]1(C)OC. The molecule has 8 nitrogen and oxygen atoms in total. The lowest BCUT2D eigenvalue weighted by atomic mass is 9.94. The van der Waals surface area contributed by atoms with Crippen molar-refractivity contribution in [3.63, 3.8) is 0 Å². The highest BCUT2D eigenvalue weighted by Gasteiger charge is 2.62. The van der Waals surface area contributed by atoms with Crippen LogP contribution in [-0.4, -0.2) is 73.3 Å². The summed E-state index contributed by atoms with van der Waals surface area (Å²) in [6.07, 6.45) is -4.47. The molecule has 0 unspecified atom stereocenters. The molecule has 7 atom stereocenters. The molecule has 2 heterocycles. The normalized spacial score (nSPS) is 41.9. The number of benzene rings is 1. The van der Waals surface area contributed by atoms with Crippen molar-refractivity contribution in [3.8, 4) is 0 Å². The largest absolute Gasteiger partial charge is 0.394 e. The average Bonchev–Trinajstić information content (AvgIpc) is 2.70. The van der Waals surface area contributed by atoms with Gasteiger partial charge in [0.1, 0.15) is 24.4 Å². The third-order valence-corrected chi connectivity index (χ3v) is 5.38. The van der Waals surface area contributed by atoms with Crippen molar-refractivity contribution in [2.75, 3.05) is 20.8 Å². The van der Waals surface area contributed by atoms with Gasteiger partial charge >= 0.3 is 0 Å². The van der Waals surface area contributed by atoms with E-state index < -0.39 is 42.3 Å². The van der Waals surface area contributed by atoms with E-state index in [0.29, 0.717) is 0 Å². The summed E-state index contributed by atoms with van der Waals surface area (Å²) in [6.45, 7) is 3.25. The van der Waals surface area contributed by atoms with E-state index >= 15 is 0 Å². The molecule has 3 rings (SSSR count). The Labute approximate surface area is 158 Å². The Morgan fingerprint density at radius 3 is 2.15 bits per heavy atom. The molecule has 0 saturated carbocycles. The quantitative estimate of drug-likeness (QED) is 0.743. The summed E-state index contributed by atoms with van der Waals surface area (Å²) in [6, 6.07) is 9.60. The molecule has 27 heavy (non-hydrogen) atoms. The molecular formula is C19H28O8. The first-order valence-corrected chi connectivity index (χ1v) is 8.93. The molecule has 0 spiro atoms. The van der Waals surface area contributed by atoms with Gasteiger partial charge < -0.3 is 38.6 Å². The third-order valence-electron chi connectivity index (χ3n) is 5.38. The second-order valence-electron chi connectivity index (χ2n) is 6.98. The van der Waals surface area contributed by atoms with Crippen LogP contribution < -0.4 is 0 Å². The predicted molar refractivity (Wildman–Crippen MR) is 93.6 cm³/mol. The van der Waals surface area contributed by atoms with Gasteiger partial charge in [0.25, 0.3) is 0 Å². The van der Waals surface area contributed by atoms with Gasteiger partial charge in [0.05, 0.1) is 13.2 Å². The van der Waals surface area contributed by atoms with Gasteiger partial charge in [0.2, 0.25) is 11.6 Å². The van der Waals surface area contributed by atoms with E-state index in [2.05, 4.69) is 0 Å². The van der Waals surface area contributed by atoms with Crippen molar-refractivity contribution < 1.29 is 38.6 Å². The topological polar surface area (TPSA) is 95.8 Å². The Balaban J connectivity index is 1.83. The predicted octanol–water partition coefficient (Wildman–Crippen LogP) is 0.790. The number of fused-ring (bicyclic) bond motifs is 1. The Bertz CT molecular complexity index is 613. The molecule has 0 bridgehead atoms. The second-order valence-corrected chi connectivity index (χ2v) is 6.98. The molecule has 152 valence electrons. The van der Waals surface area contributed by atoms with Crippen LogP contribution in [0.25, 0.3) is 0 Å². The van der Waals surface area contributed by atoms with Crippen LogP contribution in [0.5, 0.6) is 0 Å². The first-order chi connectivity index (χ1) is 12.9. The van der Waals surface area contributed by atoms with Gasteiger partial charge in [-0.15, -0.1) is 0 Å². The van der Waals surface area contributed by atoms with Crippen LogP contribution in [0.15, 0.2) is 30.3 Å². The molecule has 0 radical (unpaired) electrons. The van der Waals surface area contributed by atoms with Crippen molar-refractivity contribution in [3.05, 3.63) is 35.9 Å². The molecular weight excluding hydrogens is 356 g/mol. The van der Waals surface area contributed by atoms with Crippen molar-refractivity contribution in [2.24, 2.45) is 0 Å². The number of aliphatic hydroxyl groups excluding tert-OH is 2. The van der Waals surface area contributed by atoms with Gasteiger partial charge in [-0.05, 0) is 19.4 Å². The number of rotatable bonds is 6. The van der Waals surface area contributed by atoms with Crippen LogP contribution in [0.2, 0.25) is 0 Å². The molecule has 2 aliphatic heterocycles. The van der Waals surface area contributed by atoms with Crippen LogP contribution >= 0.6 is 0 Å². The highest BCUT2D eigenvalue weighted by atomic mass is 16.8. The van der Waals surface area contributed by atoms with Crippen LogP contribution in [-0.2, 0) is 35.0 Å². The molecule has 2 N–H and O–H groups in total. The number of hydrogen-bond donors (Lipinski definition) is 2. The van der Waals surface area contributed by atoms with Gasteiger partial charge in [0, 0.05) is 14.2 Å². The maximum Gasteiger partial charge on any atom is 0.220 e. The van der Waals surface area contributed by atoms with E-state index in [4.69, 9.17) is 28.4 Å². The van der Waals surface area contributed by atoms with Crippen LogP contribution in [0, 0.1) is 0 Å². The zero-order valence-electron chi connectivity index (χ0n) is 16.0. The first kappa shape index (κ1) is 20.6. The fourth-order valence-corrected chi connectivity index (χ4v) is 3.39. The van der Waals surface area contributed by atoms with E-state index in [1.54, 1.807) is 13.8 Å². The zero-order chi connectivity index (χ0) is 19.7. The molecule has 0 aliphatic carbocycles. The highest BCUT2D eigenvalue weighted by Crippen LogP contribution is 2.43. The number of hydrogen-bond acceptors (Lipinski definition) is 8. The van der Waals surface area contributed by atoms with Crippen molar-refractivity contribution in [1.82, 2.24) is 0 Å². The highest BCUT2D eigenvalue weighted by molar-refractivity contribution is 5.13. The monoisotopic (exact) mass is 384 g/mol. The average molecular weight is 384 g/mol. The second kappa shape index (κ2) is 8.10. The molecule has 1 aromatic rings. The summed E-state index contributed by atoms with van der Waals surface area (Å²) in [4.78, 5) is 0. The molecule has 0 amide bonds. The van der Waals surface area contributed by atoms with Crippen LogP contribution in [0.1, 0.15) is 19.4 Å². The Morgan fingerprint density at radius 1 is 1.00 bits per heavy atom.